The Balaban J connectivity index is 1.89. The van der Waals surface area contributed by atoms with Gasteiger partial charge in [0.05, 0.1) is 12.2 Å². The highest BCUT2D eigenvalue weighted by molar-refractivity contribution is 8.31. The van der Waals surface area contributed by atoms with E-state index in [1.807, 2.05) is 42.6 Å². The van der Waals surface area contributed by atoms with Crippen molar-refractivity contribution in [3.63, 3.8) is 0 Å². The number of fused-ring (bicyclic) bond motifs is 2. The lowest BCUT2D eigenvalue weighted by Crippen LogP contribution is -2.27. The zero-order valence-electron chi connectivity index (χ0n) is 14.5. The summed E-state index contributed by atoms with van der Waals surface area (Å²) in [5.74, 6) is -0.330. The minimum Gasteiger partial charge on any atom is -0.462 e. The normalized spacial score (nSPS) is 18.1. The van der Waals surface area contributed by atoms with Gasteiger partial charge in [-0.3, -0.25) is 0 Å². The zero-order valence-corrected chi connectivity index (χ0v) is 16.9. The van der Waals surface area contributed by atoms with Crippen LogP contribution in [0.4, 0.5) is 0 Å². The van der Waals surface area contributed by atoms with Crippen molar-refractivity contribution in [2.75, 3.05) is 13.2 Å². The summed E-state index contributed by atoms with van der Waals surface area (Å²) in [5.41, 5.74) is 10.8. The number of esters is 1. The largest absolute Gasteiger partial charge is 0.462 e. The Morgan fingerprint density at radius 1 is 1.22 bits per heavy atom. The molecule has 0 aromatic heterocycles. The molecule has 4 rings (SSSR count). The molecule has 2 aromatic rings. The lowest BCUT2D eigenvalue weighted by molar-refractivity contribution is 0.0522. The third-order valence-electron chi connectivity index (χ3n) is 4.47. The van der Waals surface area contributed by atoms with Crippen LogP contribution < -0.4 is 10.9 Å². The molecule has 2 heterocycles. The number of carbonyl (C=O) groups is 1. The summed E-state index contributed by atoms with van der Waals surface area (Å²) < 4.78 is 5.25. The quantitative estimate of drug-likeness (QED) is 0.745. The lowest BCUT2D eigenvalue weighted by Gasteiger charge is -2.14. The molecule has 0 bridgehead atoms. The van der Waals surface area contributed by atoms with Crippen LogP contribution in [0.25, 0.3) is 11.1 Å². The van der Waals surface area contributed by atoms with Gasteiger partial charge >= 0.3 is 5.97 Å². The van der Waals surface area contributed by atoms with Crippen LogP contribution in [0.3, 0.4) is 0 Å². The molecule has 1 atom stereocenters. The average Bonchev–Trinajstić information content (AvgIpc) is 2.83. The molecule has 0 aliphatic carbocycles. The monoisotopic (exact) mass is 416 g/mol. The van der Waals surface area contributed by atoms with E-state index in [2.05, 4.69) is 10.9 Å². The number of hydrogen-bond acceptors (Lipinski definition) is 5. The van der Waals surface area contributed by atoms with Gasteiger partial charge in [0, 0.05) is 38.7 Å². The van der Waals surface area contributed by atoms with E-state index in [-0.39, 0.29) is 5.97 Å². The van der Waals surface area contributed by atoms with Gasteiger partial charge in [0.1, 0.15) is 0 Å². The molecule has 0 saturated carbocycles. The second kappa shape index (κ2) is 7.56. The smallest absolute Gasteiger partial charge is 0.339 e. The molecule has 2 N–H and O–H groups in total. The Morgan fingerprint density at radius 3 is 2.78 bits per heavy atom. The van der Waals surface area contributed by atoms with Gasteiger partial charge in [-0.25, -0.2) is 10.2 Å². The number of benzene rings is 2. The fourth-order valence-corrected chi connectivity index (χ4v) is 6.39. The number of nitrogens with one attached hydrogen (secondary N) is 2. The van der Waals surface area contributed by atoms with Crippen LogP contribution in [0, 0.1) is 0 Å². The number of ether oxygens (including phenoxy) is 1. The van der Waals surface area contributed by atoms with Crippen LogP contribution in [0.1, 0.15) is 28.4 Å². The van der Waals surface area contributed by atoms with Crippen LogP contribution in [0.5, 0.6) is 0 Å². The van der Waals surface area contributed by atoms with E-state index in [0.29, 0.717) is 23.7 Å². The Kier molecular flexibility index (Phi) is 5.14. The van der Waals surface area contributed by atoms with E-state index in [0.717, 1.165) is 32.1 Å². The first-order chi connectivity index (χ1) is 13.1. The van der Waals surface area contributed by atoms with Crippen LogP contribution in [-0.4, -0.2) is 19.1 Å². The summed E-state index contributed by atoms with van der Waals surface area (Å²) in [6.07, 6.45) is 1.89. The minimum absolute atomic E-state index is 0.330. The van der Waals surface area contributed by atoms with Crippen LogP contribution >= 0.6 is 11.6 Å². The molecule has 138 valence electrons. The Hall–Kier alpha value is -1.99. The number of hydrazine groups is 1. The minimum atomic E-state index is -0.695. The third-order valence-corrected chi connectivity index (χ3v) is 7.45. The third kappa shape index (κ3) is 3.12. The number of halogens is 1. The molecule has 2 aliphatic rings. The molecule has 0 amide bonds. The standard InChI is InChI=1S/C20H17ClN2O2S2/c1-2-25-20(24)14-8-5-7-13-16-11-23-22-10-15(19(16)27(26)18(13)14)12-6-3-4-9-17(12)21/h3-10,22-23H,2,11H2,1H3. The average molecular weight is 417 g/mol. The maximum atomic E-state index is 12.5. The molecular formula is C20H17ClN2O2S2. The van der Waals surface area contributed by atoms with Crippen LogP contribution in [-0.2, 0) is 25.4 Å². The van der Waals surface area contributed by atoms with E-state index in [4.69, 9.17) is 27.5 Å². The Labute approximate surface area is 169 Å². The molecule has 4 nitrogen and oxygen atoms in total. The van der Waals surface area contributed by atoms with Gasteiger partial charge in [-0.1, -0.05) is 51.4 Å². The summed E-state index contributed by atoms with van der Waals surface area (Å²) in [5, 5.41) is 0.660. The second-order valence-electron chi connectivity index (χ2n) is 6.01. The molecule has 2 aromatic carbocycles. The van der Waals surface area contributed by atoms with Crippen molar-refractivity contribution in [2.45, 2.75) is 11.8 Å². The number of rotatable bonds is 3. The molecule has 0 radical (unpaired) electrons. The molecule has 27 heavy (non-hydrogen) atoms. The Morgan fingerprint density at radius 2 is 2.00 bits per heavy atom. The van der Waals surface area contributed by atoms with Crippen molar-refractivity contribution in [3.8, 4) is 0 Å². The van der Waals surface area contributed by atoms with Gasteiger partial charge in [0.2, 0.25) is 0 Å². The van der Waals surface area contributed by atoms with Gasteiger partial charge in [-0.2, -0.15) is 0 Å². The summed E-state index contributed by atoms with van der Waals surface area (Å²) in [6.45, 7) is 2.73. The van der Waals surface area contributed by atoms with Crippen LogP contribution in [0.2, 0.25) is 5.02 Å². The van der Waals surface area contributed by atoms with Gasteiger partial charge in [0.15, 0.2) is 0 Å². The van der Waals surface area contributed by atoms with Gasteiger partial charge < -0.3 is 10.2 Å². The summed E-state index contributed by atoms with van der Waals surface area (Å²) in [6, 6.07) is 13.4. The number of allylic oxidation sites excluding steroid dienone is 1. The van der Waals surface area contributed by atoms with E-state index in [1.165, 1.54) is 0 Å². The Bertz CT molecular complexity index is 1030. The first-order valence-corrected chi connectivity index (χ1v) is 11.1. The number of carbonyl (C=O) groups excluding carboxylic acids is 1. The topological polar surface area (TPSA) is 50.4 Å². The van der Waals surface area contributed by atoms with E-state index in [9.17, 15) is 4.79 Å². The first kappa shape index (κ1) is 18.4. The highest BCUT2D eigenvalue weighted by Gasteiger charge is 2.33. The summed E-state index contributed by atoms with van der Waals surface area (Å²) in [7, 11) is -0.695. The van der Waals surface area contributed by atoms with Gasteiger partial charge in [-0.05, 0) is 41.4 Å². The van der Waals surface area contributed by atoms with Crippen LogP contribution in [0.15, 0.2) is 58.5 Å². The molecule has 0 saturated heterocycles. The molecule has 2 aliphatic heterocycles. The molecule has 7 heteroatoms. The van der Waals surface area contributed by atoms with Gasteiger partial charge in [-0.15, -0.1) is 0 Å². The SMILES string of the molecule is CCOC(=O)c1cccc2c1S(=S)C1=C2CNNC=C1c1ccccc1Cl. The van der Waals surface area contributed by atoms with E-state index in [1.54, 1.807) is 13.0 Å². The van der Waals surface area contributed by atoms with E-state index >= 15 is 0 Å². The summed E-state index contributed by atoms with van der Waals surface area (Å²) in [4.78, 5) is 14.4. The highest BCUT2D eigenvalue weighted by atomic mass is 35.5. The fraction of sp³-hybridized carbons (Fsp3) is 0.150. The van der Waals surface area contributed by atoms with Crippen molar-refractivity contribution in [3.05, 3.63) is 75.3 Å². The molecule has 0 spiro atoms. The van der Waals surface area contributed by atoms with Crippen molar-refractivity contribution in [2.24, 2.45) is 0 Å². The number of hydrogen-bond donors (Lipinski definition) is 2. The van der Waals surface area contributed by atoms with Gasteiger partial charge in [0.25, 0.3) is 0 Å². The second-order valence-corrected chi connectivity index (χ2v) is 8.78. The maximum absolute atomic E-state index is 12.5. The van der Waals surface area contributed by atoms with Crippen molar-refractivity contribution in [1.82, 2.24) is 10.9 Å². The fourth-order valence-electron chi connectivity index (χ4n) is 3.33. The zero-order chi connectivity index (χ0) is 19.0. The van der Waals surface area contributed by atoms with Crippen molar-refractivity contribution < 1.29 is 9.53 Å². The molecular weight excluding hydrogens is 400 g/mol. The molecule has 1 unspecified atom stereocenters. The first-order valence-electron chi connectivity index (χ1n) is 8.52. The van der Waals surface area contributed by atoms with E-state index < -0.39 is 9.45 Å². The van der Waals surface area contributed by atoms with Crippen molar-refractivity contribution in [1.29, 1.82) is 0 Å². The van der Waals surface area contributed by atoms with Crippen molar-refractivity contribution >= 4 is 49.4 Å². The molecule has 0 fully saturated rings. The maximum Gasteiger partial charge on any atom is 0.339 e. The lowest BCUT2D eigenvalue weighted by atomic mass is 9.98. The summed E-state index contributed by atoms with van der Waals surface area (Å²) >= 11 is 12.4. The highest BCUT2D eigenvalue weighted by Crippen LogP contribution is 2.45. The predicted octanol–water partition coefficient (Wildman–Crippen LogP) is 3.83. The predicted molar refractivity (Wildman–Crippen MR) is 113 cm³/mol.